The molecule has 0 aromatic carbocycles. The largest absolute Gasteiger partial charge is 0.380 e. The number of fused-ring (bicyclic) bond motifs is 2. The van der Waals surface area contributed by atoms with Gasteiger partial charge in [0.15, 0.2) is 0 Å². The Morgan fingerprint density at radius 2 is 2.18 bits per heavy atom. The van der Waals surface area contributed by atoms with Gasteiger partial charge in [0.1, 0.15) is 11.5 Å². The summed E-state index contributed by atoms with van der Waals surface area (Å²) in [5, 5.41) is 11.9. The summed E-state index contributed by atoms with van der Waals surface area (Å²) in [7, 11) is 2.04. The summed E-state index contributed by atoms with van der Waals surface area (Å²) < 4.78 is 2.00. The molecule has 2 atom stereocenters. The molecular weight excluding hydrogens is 212 g/mol. The molecule has 1 aliphatic carbocycles. The van der Waals surface area contributed by atoms with Gasteiger partial charge in [0.25, 0.3) is 0 Å². The first-order valence-corrected chi connectivity index (χ1v) is 6.86. The van der Waals surface area contributed by atoms with E-state index in [1.807, 2.05) is 11.7 Å². The molecule has 1 saturated carbocycles. The summed E-state index contributed by atoms with van der Waals surface area (Å²) in [6, 6.07) is 0.637. The Morgan fingerprint density at radius 3 is 3.00 bits per heavy atom. The summed E-state index contributed by atoms with van der Waals surface area (Å²) in [6.07, 6.45) is 6.40. The molecule has 2 aliphatic rings. The molecule has 1 aromatic heterocycles. The van der Waals surface area contributed by atoms with Gasteiger partial charge in [-0.2, -0.15) is 5.10 Å². The fourth-order valence-electron chi connectivity index (χ4n) is 3.23. The van der Waals surface area contributed by atoms with E-state index >= 15 is 0 Å². The van der Waals surface area contributed by atoms with Crippen molar-refractivity contribution in [1.29, 1.82) is 0 Å². The van der Waals surface area contributed by atoms with Crippen LogP contribution < -0.4 is 10.6 Å². The highest BCUT2D eigenvalue weighted by atomic mass is 15.3. The summed E-state index contributed by atoms with van der Waals surface area (Å²) in [6.45, 7) is 3.27. The van der Waals surface area contributed by atoms with Crippen LogP contribution in [-0.2, 0) is 13.5 Å². The zero-order valence-electron chi connectivity index (χ0n) is 10.8. The summed E-state index contributed by atoms with van der Waals surface area (Å²) in [4.78, 5) is 0. The predicted molar refractivity (Wildman–Crippen MR) is 70.4 cm³/mol. The third-order valence-corrected chi connectivity index (χ3v) is 4.23. The van der Waals surface area contributed by atoms with E-state index in [0.29, 0.717) is 6.04 Å². The van der Waals surface area contributed by atoms with Crippen molar-refractivity contribution in [2.24, 2.45) is 13.0 Å². The van der Waals surface area contributed by atoms with Crippen LogP contribution in [0.2, 0.25) is 0 Å². The Hall–Kier alpha value is -1.19. The molecule has 94 valence electrons. The van der Waals surface area contributed by atoms with Crippen LogP contribution in [0.1, 0.15) is 38.3 Å². The minimum absolute atomic E-state index is 0.637. The number of anilines is 2. The van der Waals surface area contributed by atoms with Crippen molar-refractivity contribution < 1.29 is 0 Å². The highest BCUT2D eigenvalue weighted by molar-refractivity contribution is 5.69. The van der Waals surface area contributed by atoms with E-state index in [2.05, 4.69) is 22.7 Å². The molecule has 1 aliphatic heterocycles. The molecule has 3 rings (SSSR count). The van der Waals surface area contributed by atoms with Gasteiger partial charge in [-0.3, -0.25) is 4.68 Å². The molecule has 0 bridgehead atoms. The lowest BCUT2D eigenvalue weighted by Crippen LogP contribution is -2.34. The van der Waals surface area contributed by atoms with Crippen LogP contribution in [-0.4, -0.2) is 22.4 Å². The van der Waals surface area contributed by atoms with E-state index in [0.717, 1.165) is 18.9 Å². The second-order valence-electron chi connectivity index (χ2n) is 5.32. The molecule has 0 amide bonds. The van der Waals surface area contributed by atoms with E-state index in [1.54, 1.807) is 0 Å². The summed E-state index contributed by atoms with van der Waals surface area (Å²) in [5.74, 6) is 1.97. The molecule has 1 fully saturated rings. The van der Waals surface area contributed by atoms with Gasteiger partial charge in [0, 0.05) is 19.6 Å². The normalized spacial score (nSPS) is 27.4. The Bertz CT molecular complexity index is 410. The van der Waals surface area contributed by atoms with Crippen molar-refractivity contribution in [3.05, 3.63) is 5.69 Å². The van der Waals surface area contributed by atoms with Crippen molar-refractivity contribution in [3.63, 3.8) is 0 Å². The molecular formula is C13H22N4. The van der Waals surface area contributed by atoms with Gasteiger partial charge in [-0.1, -0.05) is 19.8 Å². The molecule has 17 heavy (non-hydrogen) atoms. The van der Waals surface area contributed by atoms with E-state index in [1.165, 1.54) is 42.9 Å². The average Bonchev–Trinajstić information content (AvgIpc) is 2.55. The van der Waals surface area contributed by atoms with Gasteiger partial charge in [-0.15, -0.1) is 0 Å². The predicted octanol–water partition coefficient (Wildman–Crippen LogP) is 2.38. The summed E-state index contributed by atoms with van der Waals surface area (Å²) in [5.41, 5.74) is 2.43. The fraction of sp³-hybridized carbons (Fsp3) is 0.769. The molecule has 4 heteroatoms. The number of nitrogens with zero attached hydrogens (tertiary/aromatic N) is 2. The zero-order chi connectivity index (χ0) is 11.8. The van der Waals surface area contributed by atoms with E-state index in [4.69, 9.17) is 0 Å². The third kappa shape index (κ3) is 1.79. The van der Waals surface area contributed by atoms with Crippen LogP contribution in [0, 0.1) is 5.92 Å². The van der Waals surface area contributed by atoms with Gasteiger partial charge in [-0.25, -0.2) is 0 Å². The molecule has 2 unspecified atom stereocenters. The van der Waals surface area contributed by atoms with Crippen molar-refractivity contribution in [2.75, 3.05) is 17.2 Å². The van der Waals surface area contributed by atoms with Crippen molar-refractivity contribution in [3.8, 4) is 0 Å². The zero-order valence-corrected chi connectivity index (χ0v) is 10.8. The number of aromatic nitrogens is 2. The second kappa shape index (κ2) is 4.24. The second-order valence-corrected chi connectivity index (χ2v) is 5.32. The van der Waals surface area contributed by atoms with Crippen LogP contribution in [0.5, 0.6) is 0 Å². The lowest BCUT2D eigenvalue weighted by molar-refractivity contribution is 0.340. The smallest absolute Gasteiger partial charge is 0.148 e. The van der Waals surface area contributed by atoms with Crippen molar-refractivity contribution in [1.82, 2.24) is 9.78 Å². The van der Waals surface area contributed by atoms with Crippen LogP contribution in [0.15, 0.2) is 0 Å². The van der Waals surface area contributed by atoms with Gasteiger partial charge in [0.2, 0.25) is 0 Å². The van der Waals surface area contributed by atoms with Crippen LogP contribution in [0.3, 0.4) is 0 Å². The van der Waals surface area contributed by atoms with Gasteiger partial charge < -0.3 is 10.6 Å². The van der Waals surface area contributed by atoms with Crippen LogP contribution in [0.4, 0.5) is 11.5 Å². The van der Waals surface area contributed by atoms with Crippen LogP contribution >= 0.6 is 0 Å². The number of nitrogens with one attached hydrogen (secondary N) is 2. The molecule has 2 N–H and O–H groups in total. The molecule has 4 nitrogen and oxygen atoms in total. The Kier molecular flexibility index (Phi) is 2.73. The Labute approximate surface area is 103 Å². The monoisotopic (exact) mass is 234 g/mol. The highest BCUT2D eigenvalue weighted by Crippen LogP contribution is 2.35. The molecule has 0 saturated heterocycles. The number of aryl methyl sites for hydroxylation is 2. The Balaban J connectivity index is 1.93. The quantitative estimate of drug-likeness (QED) is 0.784. The topological polar surface area (TPSA) is 41.9 Å². The van der Waals surface area contributed by atoms with E-state index in [9.17, 15) is 0 Å². The molecule has 0 spiro atoms. The Morgan fingerprint density at radius 1 is 1.35 bits per heavy atom. The van der Waals surface area contributed by atoms with Crippen molar-refractivity contribution in [2.45, 2.75) is 45.1 Å². The van der Waals surface area contributed by atoms with Gasteiger partial charge in [0.05, 0.1) is 5.69 Å². The fourth-order valence-corrected chi connectivity index (χ4v) is 3.23. The van der Waals surface area contributed by atoms with E-state index in [-0.39, 0.29) is 0 Å². The summed E-state index contributed by atoms with van der Waals surface area (Å²) >= 11 is 0. The highest BCUT2D eigenvalue weighted by Gasteiger charge is 2.30. The first kappa shape index (κ1) is 10.9. The molecule has 2 heterocycles. The van der Waals surface area contributed by atoms with Crippen molar-refractivity contribution >= 4 is 11.5 Å². The maximum Gasteiger partial charge on any atom is 0.148 e. The average molecular weight is 234 g/mol. The third-order valence-electron chi connectivity index (χ3n) is 4.23. The van der Waals surface area contributed by atoms with Gasteiger partial charge >= 0.3 is 0 Å². The first-order valence-electron chi connectivity index (χ1n) is 6.86. The minimum atomic E-state index is 0.637. The maximum atomic E-state index is 4.58. The number of hydrogen-bond donors (Lipinski definition) is 2. The first-order chi connectivity index (χ1) is 8.29. The SMILES string of the molecule is CCc1nn(C)c2c1NCC1CCCCC1N2. The standard InChI is InChI=1S/C13H22N4/c1-3-10-12-13(17(2)16-10)15-11-7-5-4-6-9(11)8-14-12/h9,11,14-15H,3-8H2,1-2H3. The van der Waals surface area contributed by atoms with E-state index < -0.39 is 0 Å². The lowest BCUT2D eigenvalue weighted by Gasteiger charge is -2.30. The minimum Gasteiger partial charge on any atom is -0.380 e. The lowest BCUT2D eigenvalue weighted by atomic mass is 9.85. The van der Waals surface area contributed by atoms with Gasteiger partial charge in [-0.05, 0) is 25.2 Å². The number of hydrogen-bond acceptors (Lipinski definition) is 3. The maximum absolute atomic E-state index is 4.58. The number of rotatable bonds is 1. The van der Waals surface area contributed by atoms with Crippen LogP contribution in [0.25, 0.3) is 0 Å². The molecule has 0 radical (unpaired) electrons. The molecule has 1 aromatic rings.